The number of hydrogen-bond donors (Lipinski definition) is 1. The van der Waals surface area contributed by atoms with Crippen molar-refractivity contribution < 1.29 is 13.2 Å². The fraction of sp³-hybridized carbons (Fsp3) is 0.296. The van der Waals surface area contributed by atoms with E-state index in [-0.39, 0.29) is 23.4 Å². The molecule has 1 aliphatic rings. The quantitative estimate of drug-likeness (QED) is 0.331. The minimum absolute atomic E-state index is 0.00142. The van der Waals surface area contributed by atoms with Gasteiger partial charge in [0, 0.05) is 48.1 Å². The summed E-state index contributed by atoms with van der Waals surface area (Å²) in [5, 5.41) is 4.71. The summed E-state index contributed by atoms with van der Waals surface area (Å²) in [7, 11) is -1.91. The largest absolute Gasteiger partial charge is 0.376 e. The molecule has 39 heavy (non-hydrogen) atoms. The Morgan fingerprint density at radius 1 is 1.10 bits per heavy atom. The highest BCUT2D eigenvalue weighted by Crippen LogP contribution is 2.29. The van der Waals surface area contributed by atoms with Crippen molar-refractivity contribution in [2.24, 2.45) is 0 Å². The zero-order chi connectivity index (χ0) is 27.7. The maximum absolute atomic E-state index is 13.3. The first-order valence-electron chi connectivity index (χ1n) is 12.5. The number of piperidine rings is 1. The van der Waals surface area contributed by atoms with Crippen molar-refractivity contribution in [3.05, 3.63) is 76.7 Å². The van der Waals surface area contributed by atoms with Crippen LogP contribution in [0.25, 0.3) is 11.0 Å². The molecule has 2 aromatic heterocycles. The van der Waals surface area contributed by atoms with E-state index in [1.807, 2.05) is 23.8 Å². The van der Waals surface area contributed by atoms with Crippen LogP contribution in [-0.4, -0.2) is 65.9 Å². The number of likely N-dealkylation sites (tertiary alicyclic amines) is 1. The van der Waals surface area contributed by atoms with E-state index < -0.39 is 10.0 Å². The van der Waals surface area contributed by atoms with Crippen LogP contribution in [0.4, 0.5) is 11.5 Å². The molecular formula is C27H28Cl2N6O3S. The zero-order valence-corrected chi connectivity index (χ0v) is 23.8. The summed E-state index contributed by atoms with van der Waals surface area (Å²) in [4.78, 5) is 25.8. The fourth-order valence-corrected chi connectivity index (χ4v) is 6.66. The lowest BCUT2D eigenvalue weighted by molar-refractivity contribution is -0.130. The van der Waals surface area contributed by atoms with Gasteiger partial charge in [-0.05, 0) is 56.2 Å². The predicted molar refractivity (Wildman–Crippen MR) is 154 cm³/mol. The Bertz CT molecular complexity index is 1600. The number of fused-ring (bicyclic) bond motifs is 1. The molecule has 4 aromatic rings. The first-order valence-corrected chi connectivity index (χ1v) is 14.7. The monoisotopic (exact) mass is 586 g/mol. The number of carbonyl (C=O) groups excluding carboxylic acids is 1. The molecule has 0 aliphatic carbocycles. The first kappa shape index (κ1) is 27.2. The molecule has 3 heterocycles. The number of nitrogens with one attached hydrogen (secondary N) is 1. The number of aryl methyl sites for hydroxylation is 1. The number of aromatic nitrogens is 3. The third kappa shape index (κ3) is 5.68. The number of halogens is 2. The number of amides is 1. The molecule has 12 heteroatoms. The van der Waals surface area contributed by atoms with Crippen molar-refractivity contribution >= 4 is 61.7 Å². The Morgan fingerprint density at radius 3 is 2.54 bits per heavy atom. The van der Waals surface area contributed by atoms with Crippen molar-refractivity contribution in [1.29, 1.82) is 0 Å². The third-order valence-electron chi connectivity index (χ3n) is 6.94. The van der Waals surface area contributed by atoms with E-state index in [0.29, 0.717) is 45.7 Å². The second kappa shape index (κ2) is 11.0. The molecule has 1 unspecified atom stereocenters. The molecule has 2 aromatic carbocycles. The van der Waals surface area contributed by atoms with Gasteiger partial charge in [0.2, 0.25) is 5.91 Å². The Morgan fingerprint density at radius 2 is 1.82 bits per heavy atom. The molecule has 1 fully saturated rings. The Labute approximate surface area is 237 Å². The Kier molecular flexibility index (Phi) is 7.70. The smallest absolute Gasteiger partial charge is 0.269 e. The van der Waals surface area contributed by atoms with Crippen LogP contribution < -0.4 is 10.2 Å². The molecule has 0 spiro atoms. The van der Waals surface area contributed by atoms with E-state index in [2.05, 4.69) is 15.3 Å². The summed E-state index contributed by atoms with van der Waals surface area (Å²) in [5.74, 6) is 0.580. The average molecular weight is 588 g/mol. The van der Waals surface area contributed by atoms with Gasteiger partial charge in [-0.2, -0.15) is 0 Å². The van der Waals surface area contributed by atoms with Gasteiger partial charge in [0.05, 0.1) is 16.8 Å². The molecule has 9 nitrogen and oxygen atoms in total. The first-order chi connectivity index (χ1) is 18.6. The van der Waals surface area contributed by atoms with Crippen LogP contribution in [0.15, 0.2) is 66.0 Å². The van der Waals surface area contributed by atoms with Crippen molar-refractivity contribution in [3.8, 4) is 0 Å². The standard InChI is InChI=1S/C27H28Cl2N6O3S/c1-18-5-7-23(8-6-18)39(37,38)35-11-9-24-26(31-17-32-27(24)35)33(2)22-4-3-10-34(16-22)25(36)15-30-21-13-19(28)12-20(29)14-21/h5-9,11-14,17,22,30H,3-4,10,15-16H2,1-2H3. The average Bonchev–Trinajstić information content (AvgIpc) is 3.36. The molecule has 1 N–H and O–H groups in total. The molecular weight excluding hydrogens is 559 g/mol. The minimum Gasteiger partial charge on any atom is -0.376 e. The maximum Gasteiger partial charge on any atom is 0.269 e. The summed E-state index contributed by atoms with van der Waals surface area (Å²) in [6.07, 6.45) is 4.59. The zero-order valence-electron chi connectivity index (χ0n) is 21.5. The Hall–Kier alpha value is -3.34. The molecule has 1 amide bonds. The van der Waals surface area contributed by atoms with E-state index in [9.17, 15) is 13.2 Å². The number of rotatable bonds is 7. The van der Waals surface area contributed by atoms with E-state index in [0.717, 1.165) is 18.4 Å². The minimum atomic E-state index is -3.83. The molecule has 1 aliphatic heterocycles. The lowest BCUT2D eigenvalue weighted by Gasteiger charge is -2.38. The normalized spacial score (nSPS) is 15.9. The van der Waals surface area contributed by atoms with E-state index in [4.69, 9.17) is 23.2 Å². The van der Waals surface area contributed by atoms with Crippen LogP contribution in [0, 0.1) is 6.92 Å². The number of benzene rings is 2. The molecule has 0 radical (unpaired) electrons. The van der Waals surface area contributed by atoms with Crippen LogP contribution in [0.2, 0.25) is 10.0 Å². The molecule has 0 saturated carbocycles. The van der Waals surface area contributed by atoms with Crippen molar-refractivity contribution in [2.75, 3.05) is 36.9 Å². The van der Waals surface area contributed by atoms with Crippen LogP contribution in [0.1, 0.15) is 18.4 Å². The molecule has 1 saturated heterocycles. The number of likely N-dealkylation sites (N-methyl/N-ethyl adjacent to an activating group) is 1. The molecule has 204 valence electrons. The number of nitrogens with zero attached hydrogens (tertiary/aromatic N) is 5. The van der Waals surface area contributed by atoms with Gasteiger partial charge in [0.15, 0.2) is 5.65 Å². The van der Waals surface area contributed by atoms with Gasteiger partial charge in [0.1, 0.15) is 12.1 Å². The van der Waals surface area contributed by atoms with E-state index >= 15 is 0 Å². The van der Waals surface area contributed by atoms with Gasteiger partial charge < -0.3 is 15.1 Å². The fourth-order valence-electron chi connectivity index (χ4n) is 4.83. The van der Waals surface area contributed by atoms with Gasteiger partial charge in [-0.3, -0.25) is 4.79 Å². The van der Waals surface area contributed by atoms with Crippen molar-refractivity contribution in [1.82, 2.24) is 18.8 Å². The SMILES string of the molecule is Cc1ccc(S(=O)(=O)n2ccc3c(N(C)C4CCCN(C(=O)CNc5cc(Cl)cc(Cl)c5)C4)ncnc32)cc1. The molecule has 5 rings (SSSR count). The van der Waals surface area contributed by atoms with Gasteiger partial charge in [0.25, 0.3) is 10.0 Å². The van der Waals surface area contributed by atoms with Gasteiger partial charge >= 0.3 is 0 Å². The van der Waals surface area contributed by atoms with E-state index in [1.165, 1.54) is 16.5 Å². The van der Waals surface area contributed by atoms with Crippen molar-refractivity contribution in [3.63, 3.8) is 0 Å². The van der Waals surface area contributed by atoms with Gasteiger partial charge in [-0.25, -0.2) is 22.4 Å². The summed E-state index contributed by atoms with van der Waals surface area (Å²) in [6.45, 7) is 3.19. The maximum atomic E-state index is 13.3. The van der Waals surface area contributed by atoms with Crippen LogP contribution in [0.5, 0.6) is 0 Å². The number of carbonyl (C=O) groups is 1. The van der Waals surface area contributed by atoms with Gasteiger partial charge in [-0.1, -0.05) is 40.9 Å². The van der Waals surface area contributed by atoms with Crippen LogP contribution in [0.3, 0.4) is 0 Å². The summed E-state index contributed by atoms with van der Waals surface area (Å²) in [5.41, 5.74) is 1.96. The van der Waals surface area contributed by atoms with Crippen LogP contribution in [-0.2, 0) is 14.8 Å². The summed E-state index contributed by atoms with van der Waals surface area (Å²) in [6, 6.07) is 13.5. The lowest BCUT2D eigenvalue weighted by Crippen LogP contribution is -2.50. The highest BCUT2D eigenvalue weighted by molar-refractivity contribution is 7.90. The van der Waals surface area contributed by atoms with Crippen molar-refractivity contribution in [2.45, 2.75) is 30.7 Å². The summed E-state index contributed by atoms with van der Waals surface area (Å²) < 4.78 is 27.9. The molecule has 1 atom stereocenters. The lowest BCUT2D eigenvalue weighted by atomic mass is 10.0. The third-order valence-corrected chi connectivity index (χ3v) is 9.06. The Balaban J connectivity index is 1.33. The number of hydrogen-bond acceptors (Lipinski definition) is 7. The molecule has 0 bridgehead atoms. The second-order valence-electron chi connectivity index (χ2n) is 9.62. The highest BCUT2D eigenvalue weighted by Gasteiger charge is 2.29. The number of anilines is 2. The van der Waals surface area contributed by atoms with Crippen LogP contribution >= 0.6 is 23.2 Å². The topological polar surface area (TPSA) is 100 Å². The predicted octanol–water partition coefficient (Wildman–Crippen LogP) is 4.82. The summed E-state index contributed by atoms with van der Waals surface area (Å²) >= 11 is 12.1. The highest BCUT2D eigenvalue weighted by atomic mass is 35.5. The van der Waals surface area contributed by atoms with E-state index in [1.54, 1.807) is 48.5 Å². The second-order valence-corrected chi connectivity index (χ2v) is 12.3. The van der Waals surface area contributed by atoms with Gasteiger partial charge in [-0.15, -0.1) is 0 Å².